The van der Waals surface area contributed by atoms with Crippen molar-refractivity contribution in [3.05, 3.63) is 0 Å². The number of nitrogens with zero attached hydrogens (tertiary/aromatic N) is 2. The van der Waals surface area contributed by atoms with Crippen LogP contribution in [0.15, 0.2) is 0 Å². The molecular weight excluding hydrogens is 278 g/mol. The van der Waals surface area contributed by atoms with Gasteiger partial charge in [-0.25, -0.2) is 0 Å². The van der Waals surface area contributed by atoms with Crippen LogP contribution in [0.1, 0.15) is 32.6 Å². The van der Waals surface area contributed by atoms with E-state index >= 15 is 0 Å². The lowest BCUT2D eigenvalue weighted by atomic mass is 10.4. The van der Waals surface area contributed by atoms with Gasteiger partial charge in [-0.05, 0) is 39.2 Å². The van der Waals surface area contributed by atoms with Crippen molar-refractivity contribution < 1.29 is 13.2 Å². The molecule has 20 heavy (non-hydrogen) atoms. The smallest absolute Gasteiger partial charge is 0.281 e. The van der Waals surface area contributed by atoms with Crippen molar-refractivity contribution in [2.45, 2.75) is 44.8 Å². The van der Waals surface area contributed by atoms with Crippen LogP contribution in [-0.4, -0.2) is 69.0 Å². The van der Waals surface area contributed by atoms with Crippen LogP contribution in [-0.2, 0) is 14.9 Å². The molecule has 1 atom stereocenters. The van der Waals surface area contributed by atoms with E-state index in [9.17, 15) is 8.42 Å². The largest absolute Gasteiger partial charge is 0.377 e. The van der Waals surface area contributed by atoms with Gasteiger partial charge in [0, 0.05) is 39.3 Å². The van der Waals surface area contributed by atoms with E-state index in [1.165, 1.54) is 17.1 Å². The molecule has 0 amide bonds. The molecule has 2 aliphatic rings. The molecule has 118 valence electrons. The Labute approximate surface area is 122 Å². The van der Waals surface area contributed by atoms with Gasteiger partial charge in [-0.2, -0.15) is 17.0 Å². The third-order valence-electron chi connectivity index (χ3n) is 3.80. The highest BCUT2D eigenvalue weighted by atomic mass is 32.2. The summed E-state index contributed by atoms with van der Waals surface area (Å²) in [6.07, 6.45) is 4.11. The first-order valence-corrected chi connectivity index (χ1v) is 8.96. The summed E-state index contributed by atoms with van der Waals surface area (Å²) in [6, 6.07) is 0.681. The molecule has 2 rings (SSSR count). The van der Waals surface area contributed by atoms with Gasteiger partial charge in [0.2, 0.25) is 0 Å². The van der Waals surface area contributed by atoms with Gasteiger partial charge < -0.3 is 10.1 Å². The van der Waals surface area contributed by atoms with E-state index in [4.69, 9.17) is 4.74 Å². The van der Waals surface area contributed by atoms with Gasteiger partial charge in [0.15, 0.2) is 0 Å². The highest BCUT2D eigenvalue weighted by Gasteiger charge is 2.29. The Morgan fingerprint density at radius 3 is 2.85 bits per heavy atom. The van der Waals surface area contributed by atoms with Crippen molar-refractivity contribution in [2.75, 3.05) is 39.8 Å². The molecule has 1 aliphatic heterocycles. The normalized spacial score (nSPS) is 25.9. The molecule has 0 bridgehead atoms. The number of rotatable bonds is 7. The summed E-state index contributed by atoms with van der Waals surface area (Å²) in [5.41, 5.74) is 0. The quantitative estimate of drug-likeness (QED) is 0.692. The molecule has 1 saturated carbocycles. The molecular formula is C13H27N3O3S. The zero-order valence-corrected chi connectivity index (χ0v) is 13.4. The van der Waals surface area contributed by atoms with Crippen LogP contribution in [0.5, 0.6) is 0 Å². The van der Waals surface area contributed by atoms with Gasteiger partial charge in [0.1, 0.15) is 0 Å². The fraction of sp³-hybridized carbons (Fsp3) is 1.00. The van der Waals surface area contributed by atoms with E-state index in [0.717, 1.165) is 19.4 Å². The third kappa shape index (κ3) is 4.66. The van der Waals surface area contributed by atoms with Crippen LogP contribution >= 0.6 is 0 Å². The lowest BCUT2D eigenvalue weighted by Gasteiger charge is -2.27. The van der Waals surface area contributed by atoms with Gasteiger partial charge in [0.05, 0.1) is 6.10 Å². The second-order valence-electron chi connectivity index (χ2n) is 5.80. The Balaban J connectivity index is 1.79. The summed E-state index contributed by atoms with van der Waals surface area (Å²) < 4.78 is 33.5. The van der Waals surface area contributed by atoms with Crippen molar-refractivity contribution >= 4 is 10.2 Å². The zero-order chi connectivity index (χ0) is 14.6. The third-order valence-corrected chi connectivity index (χ3v) is 5.75. The van der Waals surface area contributed by atoms with E-state index < -0.39 is 10.2 Å². The minimum absolute atomic E-state index is 0.0304. The molecule has 1 unspecified atom stereocenters. The minimum atomic E-state index is -3.34. The zero-order valence-electron chi connectivity index (χ0n) is 12.5. The van der Waals surface area contributed by atoms with Gasteiger partial charge in [-0.1, -0.05) is 0 Å². The molecule has 2 fully saturated rings. The lowest BCUT2D eigenvalue weighted by Crippen LogP contribution is -2.45. The molecule has 6 nitrogen and oxygen atoms in total. The van der Waals surface area contributed by atoms with Crippen LogP contribution in [0.3, 0.4) is 0 Å². The molecule has 1 saturated heterocycles. The second-order valence-corrected chi connectivity index (χ2v) is 7.84. The van der Waals surface area contributed by atoms with Crippen molar-refractivity contribution in [1.29, 1.82) is 0 Å². The van der Waals surface area contributed by atoms with Crippen molar-refractivity contribution in [3.63, 3.8) is 0 Å². The standard InChI is InChI=1S/C13H27N3O3S/c1-12-11-16(9-4-10-19-12)20(17,18)15(2)8-3-7-14-13-5-6-13/h12-14H,3-11H2,1-2H3. The molecule has 1 N–H and O–H groups in total. The van der Waals surface area contributed by atoms with Crippen LogP contribution in [0.25, 0.3) is 0 Å². The predicted octanol–water partition coefficient (Wildman–Crippen LogP) is 0.416. The van der Waals surface area contributed by atoms with E-state index in [-0.39, 0.29) is 6.10 Å². The second kappa shape index (κ2) is 7.17. The van der Waals surface area contributed by atoms with E-state index in [1.807, 2.05) is 6.92 Å². The summed E-state index contributed by atoms with van der Waals surface area (Å²) in [4.78, 5) is 0. The molecule has 0 spiro atoms. The van der Waals surface area contributed by atoms with Gasteiger partial charge in [0.25, 0.3) is 10.2 Å². The number of hydrogen-bond donors (Lipinski definition) is 1. The van der Waals surface area contributed by atoms with Gasteiger partial charge >= 0.3 is 0 Å². The maximum Gasteiger partial charge on any atom is 0.281 e. The van der Waals surface area contributed by atoms with E-state index in [2.05, 4.69) is 5.32 Å². The average Bonchev–Trinajstić information content (AvgIpc) is 3.21. The van der Waals surface area contributed by atoms with Crippen molar-refractivity contribution in [1.82, 2.24) is 13.9 Å². The molecule has 0 aromatic rings. The van der Waals surface area contributed by atoms with Crippen molar-refractivity contribution in [2.24, 2.45) is 0 Å². The lowest BCUT2D eigenvalue weighted by molar-refractivity contribution is 0.0747. The number of nitrogens with one attached hydrogen (secondary N) is 1. The Kier molecular flexibility index (Phi) is 5.80. The molecule has 0 radical (unpaired) electrons. The summed E-state index contributed by atoms with van der Waals surface area (Å²) in [7, 11) is -1.67. The molecule has 0 aromatic heterocycles. The minimum Gasteiger partial charge on any atom is -0.377 e. The first-order valence-electron chi connectivity index (χ1n) is 7.56. The molecule has 0 aromatic carbocycles. The molecule has 1 heterocycles. The van der Waals surface area contributed by atoms with Gasteiger partial charge in [-0.3, -0.25) is 0 Å². The molecule has 1 aliphatic carbocycles. The van der Waals surface area contributed by atoms with Crippen LogP contribution < -0.4 is 5.32 Å². The number of hydrogen-bond acceptors (Lipinski definition) is 4. The highest BCUT2D eigenvalue weighted by Crippen LogP contribution is 2.18. The predicted molar refractivity (Wildman–Crippen MR) is 78.8 cm³/mol. The Bertz CT molecular complexity index is 398. The summed E-state index contributed by atoms with van der Waals surface area (Å²) in [6.45, 7) is 5.03. The van der Waals surface area contributed by atoms with E-state index in [1.54, 1.807) is 11.4 Å². The topological polar surface area (TPSA) is 61.9 Å². The fourth-order valence-electron chi connectivity index (χ4n) is 2.37. The Hall–Kier alpha value is -0.210. The number of ether oxygens (including phenoxy) is 1. The Morgan fingerprint density at radius 2 is 2.15 bits per heavy atom. The first kappa shape index (κ1) is 16.2. The van der Waals surface area contributed by atoms with Crippen LogP contribution in [0.4, 0.5) is 0 Å². The monoisotopic (exact) mass is 305 g/mol. The van der Waals surface area contributed by atoms with Crippen LogP contribution in [0.2, 0.25) is 0 Å². The van der Waals surface area contributed by atoms with E-state index in [0.29, 0.717) is 32.3 Å². The Morgan fingerprint density at radius 1 is 1.40 bits per heavy atom. The van der Waals surface area contributed by atoms with Gasteiger partial charge in [-0.15, -0.1) is 0 Å². The maximum atomic E-state index is 12.5. The van der Waals surface area contributed by atoms with Crippen molar-refractivity contribution in [3.8, 4) is 0 Å². The highest BCUT2D eigenvalue weighted by molar-refractivity contribution is 7.86. The average molecular weight is 305 g/mol. The van der Waals surface area contributed by atoms with Crippen LogP contribution in [0, 0.1) is 0 Å². The summed E-state index contributed by atoms with van der Waals surface area (Å²) in [5.74, 6) is 0. The summed E-state index contributed by atoms with van der Waals surface area (Å²) >= 11 is 0. The SMILES string of the molecule is CC1CN(S(=O)(=O)N(C)CCCNC2CC2)CCCO1. The summed E-state index contributed by atoms with van der Waals surface area (Å²) in [5, 5.41) is 3.40. The first-order chi connectivity index (χ1) is 9.50. The molecule has 7 heteroatoms. The fourth-order valence-corrected chi connectivity index (χ4v) is 3.89. The maximum absolute atomic E-state index is 12.5.